The van der Waals surface area contributed by atoms with Gasteiger partial charge in [0.25, 0.3) is 5.91 Å². The number of carbonyl (C=O) groups excluding carboxylic acids is 1. The highest BCUT2D eigenvalue weighted by Gasteiger charge is 2.20. The van der Waals surface area contributed by atoms with Crippen molar-refractivity contribution in [2.45, 2.75) is 26.8 Å². The van der Waals surface area contributed by atoms with Crippen LogP contribution < -0.4 is 5.32 Å². The average Bonchev–Trinajstić information content (AvgIpc) is 3.22. The number of carbonyl (C=O) groups is 1. The predicted molar refractivity (Wildman–Crippen MR) is 87.7 cm³/mol. The molecule has 6 nitrogen and oxygen atoms in total. The Balaban J connectivity index is 1.82. The molecule has 0 saturated carbocycles. The number of nitrogens with zero attached hydrogens (tertiary/aromatic N) is 3. The molecule has 0 aliphatic carbocycles. The van der Waals surface area contributed by atoms with E-state index in [9.17, 15) is 4.79 Å². The molecule has 3 aromatic rings. The van der Waals surface area contributed by atoms with Crippen molar-refractivity contribution in [2.24, 2.45) is 0 Å². The largest absolute Gasteiger partial charge is 0.361 e. The molecule has 0 aliphatic heterocycles. The lowest BCUT2D eigenvalue weighted by Gasteiger charge is -2.18. The fourth-order valence-electron chi connectivity index (χ4n) is 2.55. The topological polar surface area (TPSA) is 73.0 Å². The molecule has 0 saturated heterocycles. The quantitative estimate of drug-likeness (QED) is 0.781. The maximum Gasteiger partial charge on any atom is 0.256 e. The summed E-state index contributed by atoms with van der Waals surface area (Å²) in [6.07, 6.45) is 1.44. The summed E-state index contributed by atoms with van der Waals surface area (Å²) in [5, 5.41) is 13.2. The molecular weight excluding hydrogens is 312 g/mol. The molecule has 0 aromatic carbocycles. The van der Waals surface area contributed by atoms with E-state index in [1.54, 1.807) is 18.3 Å². The normalized spacial score (nSPS) is 12.3. The van der Waals surface area contributed by atoms with Gasteiger partial charge in [0.2, 0.25) is 0 Å². The van der Waals surface area contributed by atoms with Gasteiger partial charge >= 0.3 is 0 Å². The molecule has 7 heteroatoms. The van der Waals surface area contributed by atoms with Gasteiger partial charge in [0.05, 0.1) is 11.9 Å². The van der Waals surface area contributed by atoms with Gasteiger partial charge in [-0.15, -0.1) is 11.3 Å². The summed E-state index contributed by atoms with van der Waals surface area (Å²) in [5.74, 6) is 0.327. The van der Waals surface area contributed by atoms with Crippen molar-refractivity contribution in [3.8, 4) is 0 Å². The molecule has 3 rings (SSSR count). The van der Waals surface area contributed by atoms with Crippen LogP contribution in [-0.2, 0) is 0 Å². The van der Waals surface area contributed by atoms with Gasteiger partial charge in [0.1, 0.15) is 17.4 Å². The van der Waals surface area contributed by atoms with E-state index >= 15 is 0 Å². The number of nitrogens with one attached hydrogen (secondary N) is 1. The Morgan fingerprint density at radius 1 is 1.43 bits per heavy atom. The van der Waals surface area contributed by atoms with E-state index in [2.05, 4.69) is 21.6 Å². The molecule has 0 radical (unpaired) electrons. The zero-order valence-electron chi connectivity index (χ0n) is 13.2. The molecule has 0 bridgehead atoms. The second kappa shape index (κ2) is 6.37. The van der Waals surface area contributed by atoms with Gasteiger partial charge in [0, 0.05) is 17.1 Å². The number of hydrogen-bond donors (Lipinski definition) is 1. The van der Waals surface area contributed by atoms with Crippen molar-refractivity contribution in [3.63, 3.8) is 0 Å². The summed E-state index contributed by atoms with van der Waals surface area (Å²) in [7, 11) is 0. The van der Waals surface area contributed by atoms with Crippen LogP contribution in [0.3, 0.4) is 0 Å². The minimum atomic E-state index is -0.188. The van der Waals surface area contributed by atoms with Crippen LogP contribution in [0.4, 0.5) is 0 Å². The van der Waals surface area contributed by atoms with Crippen LogP contribution in [0.5, 0.6) is 0 Å². The van der Waals surface area contributed by atoms with Gasteiger partial charge in [-0.05, 0) is 38.3 Å². The maximum atomic E-state index is 12.3. The molecule has 1 N–H and O–H groups in total. The first-order chi connectivity index (χ1) is 11.1. The van der Waals surface area contributed by atoms with Crippen molar-refractivity contribution in [1.29, 1.82) is 0 Å². The lowest BCUT2D eigenvalue weighted by Crippen LogP contribution is -2.32. The molecule has 0 fully saturated rings. The third-order valence-corrected chi connectivity index (χ3v) is 4.64. The first-order valence-corrected chi connectivity index (χ1v) is 8.20. The van der Waals surface area contributed by atoms with Gasteiger partial charge in [-0.3, -0.25) is 9.48 Å². The number of amides is 1. The van der Waals surface area contributed by atoms with Gasteiger partial charge in [-0.1, -0.05) is 11.2 Å². The van der Waals surface area contributed by atoms with Gasteiger partial charge in [-0.2, -0.15) is 5.10 Å². The Kier molecular flexibility index (Phi) is 4.29. The third-order valence-electron chi connectivity index (χ3n) is 3.66. The van der Waals surface area contributed by atoms with E-state index < -0.39 is 0 Å². The fraction of sp³-hybridized carbons (Fsp3) is 0.312. The highest BCUT2D eigenvalue weighted by Crippen LogP contribution is 2.24. The SMILES string of the molecule is Cc1cc(C)n([C@@H](CNC(=O)c2cnoc2C)c2cccs2)n1. The number of hydrogen-bond acceptors (Lipinski definition) is 5. The van der Waals surface area contributed by atoms with Crippen molar-refractivity contribution < 1.29 is 9.32 Å². The fourth-order valence-corrected chi connectivity index (χ4v) is 3.36. The van der Waals surface area contributed by atoms with Crippen LogP contribution in [-0.4, -0.2) is 27.4 Å². The van der Waals surface area contributed by atoms with E-state index in [-0.39, 0.29) is 11.9 Å². The van der Waals surface area contributed by atoms with Crippen LogP contribution in [0.2, 0.25) is 0 Å². The van der Waals surface area contributed by atoms with Crippen molar-refractivity contribution in [1.82, 2.24) is 20.3 Å². The summed E-state index contributed by atoms with van der Waals surface area (Å²) in [4.78, 5) is 13.4. The molecule has 0 aliphatic rings. The minimum Gasteiger partial charge on any atom is -0.361 e. The molecule has 3 aromatic heterocycles. The molecule has 3 heterocycles. The number of rotatable bonds is 5. The lowest BCUT2D eigenvalue weighted by molar-refractivity contribution is 0.0947. The van der Waals surface area contributed by atoms with Crippen LogP contribution in [0, 0.1) is 20.8 Å². The Morgan fingerprint density at radius 3 is 2.83 bits per heavy atom. The van der Waals surface area contributed by atoms with Crippen LogP contribution in [0.15, 0.2) is 34.3 Å². The van der Waals surface area contributed by atoms with Gasteiger partial charge in [0.15, 0.2) is 0 Å². The number of aryl methyl sites for hydroxylation is 3. The van der Waals surface area contributed by atoms with Crippen LogP contribution in [0.25, 0.3) is 0 Å². The van der Waals surface area contributed by atoms with E-state index in [1.165, 1.54) is 6.20 Å². The predicted octanol–water partition coefficient (Wildman–Crippen LogP) is 2.88. The zero-order chi connectivity index (χ0) is 16.4. The van der Waals surface area contributed by atoms with Gasteiger partial charge in [-0.25, -0.2) is 0 Å². The number of aromatic nitrogens is 3. The van der Waals surface area contributed by atoms with Gasteiger partial charge < -0.3 is 9.84 Å². The smallest absolute Gasteiger partial charge is 0.256 e. The summed E-state index contributed by atoms with van der Waals surface area (Å²) >= 11 is 1.65. The lowest BCUT2D eigenvalue weighted by atomic mass is 10.2. The standard InChI is InChI=1S/C16H18N4O2S/c1-10-7-11(2)20(19-10)14(15-5-4-6-23-15)9-17-16(21)13-8-18-22-12(13)3/h4-8,14H,9H2,1-3H3,(H,17,21)/t14-/m0/s1. The van der Waals surface area contributed by atoms with Crippen molar-refractivity contribution in [3.05, 3.63) is 57.4 Å². The Bertz CT molecular complexity index is 804. The average molecular weight is 330 g/mol. The zero-order valence-corrected chi connectivity index (χ0v) is 14.1. The molecule has 1 amide bonds. The summed E-state index contributed by atoms with van der Waals surface area (Å²) in [5.41, 5.74) is 2.49. The van der Waals surface area contributed by atoms with E-state index in [4.69, 9.17) is 4.52 Å². The molecule has 0 spiro atoms. The molecule has 0 unspecified atom stereocenters. The first kappa shape index (κ1) is 15.5. The van der Waals surface area contributed by atoms with E-state index in [0.717, 1.165) is 16.3 Å². The maximum absolute atomic E-state index is 12.3. The van der Waals surface area contributed by atoms with E-state index in [0.29, 0.717) is 17.9 Å². The highest BCUT2D eigenvalue weighted by atomic mass is 32.1. The molecule has 23 heavy (non-hydrogen) atoms. The van der Waals surface area contributed by atoms with Crippen molar-refractivity contribution in [2.75, 3.05) is 6.54 Å². The second-order valence-corrected chi connectivity index (χ2v) is 6.39. The van der Waals surface area contributed by atoms with Crippen LogP contribution >= 0.6 is 11.3 Å². The molecule has 120 valence electrons. The van der Waals surface area contributed by atoms with E-state index in [1.807, 2.05) is 36.0 Å². The summed E-state index contributed by atoms with van der Waals surface area (Å²) in [6.45, 7) is 6.16. The Labute approximate surface area is 138 Å². The third kappa shape index (κ3) is 3.19. The second-order valence-electron chi connectivity index (χ2n) is 5.41. The molecular formula is C16H18N4O2S. The minimum absolute atomic E-state index is 0.0344. The Morgan fingerprint density at radius 2 is 2.26 bits per heavy atom. The summed E-state index contributed by atoms with van der Waals surface area (Å²) < 4.78 is 6.91. The molecule has 1 atom stereocenters. The summed E-state index contributed by atoms with van der Waals surface area (Å²) in [6, 6.07) is 6.06. The number of thiophene rings is 1. The Hall–Kier alpha value is -2.41. The highest BCUT2D eigenvalue weighted by molar-refractivity contribution is 7.10. The monoisotopic (exact) mass is 330 g/mol. The first-order valence-electron chi connectivity index (χ1n) is 7.32. The van der Waals surface area contributed by atoms with Crippen molar-refractivity contribution >= 4 is 17.2 Å². The van der Waals surface area contributed by atoms with Crippen LogP contribution in [0.1, 0.15) is 38.4 Å².